The summed E-state index contributed by atoms with van der Waals surface area (Å²) < 4.78 is 37.9. The third-order valence-electron chi connectivity index (χ3n) is 2.58. The lowest BCUT2D eigenvalue weighted by Gasteiger charge is -2.10. The van der Waals surface area contributed by atoms with Gasteiger partial charge in [0.1, 0.15) is 0 Å². The van der Waals surface area contributed by atoms with E-state index in [1.54, 1.807) is 18.2 Å². The molecule has 1 aromatic carbocycles. The summed E-state index contributed by atoms with van der Waals surface area (Å²) in [6, 6.07) is 9.57. The first-order valence-corrected chi connectivity index (χ1v) is 6.38. The van der Waals surface area contributed by atoms with Crippen molar-refractivity contribution in [1.29, 1.82) is 0 Å². The van der Waals surface area contributed by atoms with Gasteiger partial charge >= 0.3 is 6.18 Å². The highest BCUT2D eigenvalue weighted by Gasteiger charge is 2.30. The minimum absolute atomic E-state index is 0.131. The third-order valence-corrected chi connectivity index (χ3v) is 2.58. The molecule has 5 N–H and O–H groups in total. The topological polar surface area (TPSA) is 102 Å². The number of halogens is 3. The third kappa shape index (κ3) is 4.99. The van der Waals surface area contributed by atoms with Crippen molar-refractivity contribution in [2.75, 3.05) is 5.32 Å². The predicted molar refractivity (Wildman–Crippen MR) is 82.2 cm³/mol. The van der Waals surface area contributed by atoms with E-state index in [-0.39, 0.29) is 17.6 Å². The van der Waals surface area contributed by atoms with Crippen molar-refractivity contribution in [3.63, 3.8) is 0 Å². The van der Waals surface area contributed by atoms with E-state index in [9.17, 15) is 13.2 Å². The second kappa shape index (κ2) is 6.77. The molecule has 0 saturated heterocycles. The fourth-order valence-electron chi connectivity index (χ4n) is 1.63. The maximum Gasteiger partial charge on any atom is 0.416 e. The van der Waals surface area contributed by atoms with Crippen molar-refractivity contribution in [2.24, 2.45) is 21.5 Å². The standard InChI is InChI=1S/C14H13F3N6/c15-14(16,17)9-4-3-5-10(8-9)21-12(18)23-13(19)22-11-6-1-2-7-20-11/h1-8H,(H5,18,19,20,21,22,23). The molecule has 0 aliphatic heterocycles. The van der Waals surface area contributed by atoms with Crippen molar-refractivity contribution in [2.45, 2.75) is 6.18 Å². The van der Waals surface area contributed by atoms with Crippen molar-refractivity contribution in [1.82, 2.24) is 4.98 Å². The molecule has 0 aliphatic carbocycles. The van der Waals surface area contributed by atoms with Crippen LogP contribution in [0.2, 0.25) is 0 Å². The molecule has 6 nitrogen and oxygen atoms in total. The zero-order valence-electron chi connectivity index (χ0n) is 11.7. The quantitative estimate of drug-likeness (QED) is 0.584. The Kier molecular flexibility index (Phi) is 4.79. The van der Waals surface area contributed by atoms with Gasteiger partial charge in [-0.25, -0.2) is 4.98 Å². The molecule has 0 spiro atoms. The summed E-state index contributed by atoms with van der Waals surface area (Å²) in [7, 11) is 0. The van der Waals surface area contributed by atoms with Gasteiger partial charge < -0.3 is 16.8 Å². The summed E-state index contributed by atoms with van der Waals surface area (Å²) >= 11 is 0. The number of alkyl halides is 3. The minimum Gasteiger partial charge on any atom is -0.369 e. The van der Waals surface area contributed by atoms with E-state index in [0.717, 1.165) is 12.1 Å². The molecule has 23 heavy (non-hydrogen) atoms. The molecular weight excluding hydrogens is 309 g/mol. The van der Waals surface area contributed by atoms with Crippen LogP contribution in [0.5, 0.6) is 0 Å². The van der Waals surface area contributed by atoms with E-state index >= 15 is 0 Å². The maximum absolute atomic E-state index is 12.6. The number of anilines is 1. The van der Waals surface area contributed by atoms with E-state index in [0.29, 0.717) is 5.82 Å². The van der Waals surface area contributed by atoms with Crippen LogP contribution in [0.1, 0.15) is 5.56 Å². The first kappa shape index (κ1) is 16.3. The second-order valence-corrected chi connectivity index (χ2v) is 4.36. The molecular formula is C14H13F3N6. The molecule has 0 amide bonds. The van der Waals surface area contributed by atoms with Gasteiger partial charge in [-0.3, -0.25) is 0 Å². The zero-order valence-corrected chi connectivity index (χ0v) is 11.7. The fourth-order valence-corrected chi connectivity index (χ4v) is 1.63. The van der Waals surface area contributed by atoms with Gasteiger partial charge in [0.05, 0.1) is 5.56 Å². The first-order chi connectivity index (χ1) is 10.8. The Balaban J connectivity index is 2.12. The largest absolute Gasteiger partial charge is 0.416 e. The number of nitrogens with two attached hydrogens (primary N) is 2. The number of guanidine groups is 2. The van der Waals surface area contributed by atoms with Crippen LogP contribution in [0.4, 0.5) is 24.7 Å². The van der Waals surface area contributed by atoms with Gasteiger partial charge in [0.2, 0.25) is 11.9 Å². The minimum atomic E-state index is -4.44. The molecule has 120 valence electrons. The van der Waals surface area contributed by atoms with Crippen LogP contribution in [0.15, 0.2) is 58.6 Å². The Morgan fingerprint density at radius 1 is 1.09 bits per heavy atom. The summed E-state index contributed by atoms with van der Waals surface area (Å²) in [6.45, 7) is 0. The van der Waals surface area contributed by atoms with Crippen molar-refractivity contribution in [3.8, 4) is 0 Å². The monoisotopic (exact) mass is 322 g/mol. The lowest BCUT2D eigenvalue weighted by molar-refractivity contribution is -0.137. The average molecular weight is 322 g/mol. The fraction of sp³-hybridized carbons (Fsp3) is 0.0714. The summed E-state index contributed by atoms with van der Waals surface area (Å²) in [5, 5.41) is 2.52. The Bertz CT molecular complexity index is 725. The van der Waals surface area contributed by atoms with E-state index < -0.39 is 11.7 Å². The molecule has 0 fully saturated rings. The molecule has 0 unspecified atom stereocenters. The highest BCUT2D eigenvalue weighted by Crippen LogP contribution is 2.30. The highest BCUT2D eigenvalue weighted by atomic mass is 19.4. The average Bonchev–Trinajstić information content (AvgIpc) is 2.47. The van der Waals surface area contributed by atoms with Gasteiger partial charge in [0.25, 0.3) is 0 Å². The van der Waals surface area contributed by atoms with Gasteiger partial charge in [-0.2, -0.15) is 23.2 Å². The Morgan fingerprint density at radius 2 is 1.87 bits per heavy atom. The Labute approximate surface area is 129 Å². The number of aliphatic imine (C=N–C) groups is 2. The number of benzene rings is 1. The second-order valence-electron chi connectivity index (χ2n) is 4.36. The number of hydrogen-bond acceptors (Lipinski definition) is 2. The number of nitrogens with zero attached hydrogens (tertiary/aromatic N) is 3. The molecule has 0 radical (unpaired) electrons. The SMILES string of the molecule is NC(=Nc1ccccn1)N=C(N)Nc1cccc(C(F)(F)F)c1. The number of rotatable bonds is 2. The van der Waals surface area contributed by atoms with Gasteiger partial charge in [0, 0.05) is 11.9 Å². The smallest absolute Gasteiger partial charge is 0.369 e. The molecule has 0 bridgehead atoms. The molecule has 0 saturated carbocycles. The van der Waals surface area contributed by atoms with Crippen LogP contribution in [0.3, 0.4) is 0 Å². The van der Waals surface area contributed by atoms with Gasteiger partial charge in [-0.15, -0.1) is 0 Å². The normalized spacial score (nSPS) is 13.0. The molecule has 0 aliphatic rings. The number of pyridine rings is 1. The molecule has 0 atom stereocenters. The van der Waals surface area contributed by atoms with Crippen molar-refractivity contribution < 1.29 is 13.2 Å². The number of hydrogen-bond donors (Lipinski definition) is 3. The van der Waals surface area contributed by atoms with Crippen molar-refractivity contribution in [3.05, 3.63) is 54.2 Å². The van der Waals surface area contributed by atoms with Crippen LogP contribution in [0, 0.1) is 0 Å². The first-order valence-electron chi connectivity index (χ1n) is 6.38. The molecule has 1 aromatic heterocycles. The van der Waals surface area contributed by atoms with Crippen LogP contribution in [0.25, 0.3) is 0 Å². The molecule has 9 heteroatoms. The Morgan fingerprint density at radius 3 is 2.52 bits per heavy atom. The molecule has 1 heterocycles. The van der Waals surface area contributed by atoms with Gasteiger partial charge in [-0.05, 0) is 30.3 Å². The number of nitrogens with one attached hydrogen (secondary N) is 1. The molecule has 2 rings (SSSR count). The summed E-state index contributed by atoms with van der Waals surface area (Å²) in [5.74, 6) is -0.0391. The van der Waals surface area contributed by atoms with E-state index in [1.165, 1.54) is 18.3 Å². The highest BCUT2D eigenvalue weighted by molar-refractivity contribution is 6.01. The van der Waals surface area contributed by atoms with Gasteiger partial charge in [0.15, 0.2) is 5.82 Å². The predicted octanol–water partition coefficient (Wildman–Crippen LogP) is 2.47. The van der Waals surface area contributed by atoms with E-state index in [1.807, 2.05) is 0 Å². The van der Waals surface area contributed by atoms with Crippen LogP contribution < -0.4 is 16.8 Å². The van der Waals surface area contributed by atoms with E-state index in [2.05, 4.69) is 20.3 Å². The van der Waals surface area contributed by atoms with Crippen LogP contribution >= 0.6 is 0 Å². The Hall–Kier alpha value is -3.10. The lowest BCUT2D eigenvalue weighted by Crippen LogP contribution is -2.26. The summed E-state index contributed by atoms with van der Waals surface area (Å²) in [5.41, 5.74) is 10.5. The zero-order chi connectivity index (χ0) is 16.9. The van der Waals surface area contributed by atoms with Crippen LogP contribution in [-0.2, 0) is 6.18 Å². The molecule has 2 aromatic rings. The number of aromatic nitrogens is 1. The van der Waals surface area contributed by atoms with E-state index in [4.69, 9.17) is 11.5 Å². The summed E-state index contributed by atoms with van der Waals surface area (Å²) in [4.78, 5) is 11.6. The van der Waals surface area contributed by atoms with Gasteiger partial charge in [-0.1, -0.05) is 12.1 Å². The van der Waals surface area contributed by atoms with Crippen molar-refractivity contribution >= 4 is 23.4 Å². The summed E-state index contributed by atoms with van der Waals surface area (Å²) in [6.07, 6.45) is -2.91. The maximum atomic E-state index is 12.6. The lowest BCUT2D eigenvalue weighted by atomic mass is 10.2. The van der Waals surface area contributed by atoms with Crippen LogP contribution in [-0.4, -0.2) is 16.9 Å².